The van der Waals surface area contributed by atoms with E-state index in [0.29, 0.717) is 17.1 Å². The zero-order valence-corrected chi connectivity index (χ0v) is 13.8. The summed E-state index contributed by atoms with van der Waals surface area (Å²) in [4.78, 5) is 30.9. The number of carbonyl (C=O) groups excluding carboxylic acids is 1. The van der Waals surface area contributed by atoms with Gasteiger partial charge >= 0.3 is 0 Å². The molecule has 0 unspecified atom stereocenters. The average molecular weight is 315 g/mol. The van der Waals surface area contributed by atoms with Crippen LogP contribution in [0.25, 0.3) is 0 Å². The summed E-state index contributed by atoms with van der Waals surface area (Å²) in [7, 11) is 1.61. The SMILES string of the molecule is COc1ccc([C@@H](C)NC(=O)Cc2c(C)nc(C)[nH]c2=O)cc1. The van der Waals surface area contributed by atoms with Crippen LogP contribution in [0.4, 0.5) is 0 Å². The first-order valence-corrected chi connectivity index (χ1v) is 7.40. The zero-order valence-electron chi connectivity index (χ0n) is 13.8. The highest BCUT2D eigenvalue weighted by molar-refractivity contribution is 5.79. The van der Waals surface area contributed by atoms with E-state index in [-0.39, 0.29) is 23.9 Å². The summed E-state index contributed by atoms with van der Waals surface area (Å²) in [6.07, 6.45) is 0.00887. The van der Waals surface area contributed by atoms with Crippen LogP contribution in [-0.4, -0.2) is 23.0 Å². The maximum Gasteiger partial charge on any atom is 0.254 e. The van der Waals surface area contributed by atoms with Gasteiger partial charge in [0.1, 0.15) is 11.6 Å². The first kappa shape index (κ1) is 16.7. The second-order valence-electron chi connectivity index (χ2n) is 5.45. The first-order chi connectivity index (χ1) is 10.9. The van der Waals surface area contributed by atoms with Crippen molar-refractivity contribution in [2.24, 2.45) is 0 Å². The molecule has 0 saturated heterocycles. The van der Waals surface area contributed by atoms with Crippen LogP contribution in [0.15, 0.2) is 29.1 Å². The van der Waals surface area contributed by atoms with Crippen molar-refractivity contribution in [3.8, 4) is 5.75 Å². The van der Waals surface area contributed by atoms with Crippen LogP contribution in [0, 0.1) is 13.8 Å². The summed E-state index contributed by atoms with van der Waals surface area (Å²) in [6.45, 7) is 5.34. The number of benzene rings is 1. The molecule has 0 saturated carbocycles. The fourth-order valence-corrected chi connectivity index (χ4v) is 2.39. The summed E-state index contributed by atoms with van der Waals surface area (Å²) >= 11 is 0. The van der Waals surface area contributed by atoms with Gasteiger partial charge in [0.2, 0.25) is 5.91 Å². The lowest BCUT2D eigenvalue weighted by Gasteiger charge is -2.15. The summed E-state index contributed by atoms with van der Waals surface area (Å²) in [5.41, 5.74) is 1.68. The Labute approximate surface area is 134 Å². The van der Waals surface area contributed by atoms with E-state index in [9.17, 15) is 9.59 Å². The lowest BCUT2D eigenvalue weighted by atomic mass is 10.1. The molecule has 6 nitrogen and oxygen atoms in total. The van der Waals surface area contributed by atoms with Gasteiger partial charge in [0.25, 0.3) is 5.56 Å². The number of carbonyl (C=O) groups is 1. The smallest absolute Gasteiger partial charge is 0.254 e. The van der Waals surface area contributed by atoms with E-state index in [2.05, 4.69) is 15.3 Å². The number of hydrogen-bond acceptors (Lipinski definition) is 4. The maximum atomic E-state index is 12.2. The molecule has 0 spiro atoms. The van der Waals surface area contributed by atoms with E-state index in [4.69, 9.17) is 4.74 Å². The average Bonchev–Trinajstić information content (AvgIpc) is 2.51. The van der Waals surface area contributed by atoms with Gasteiger partial charge in [-0.05, 0) is 38.5 Å². The fourth-order valence-electron chi connectivity index (χ4n) is 2.39. The van der Waals surface area contributed by atoms with Crippen molar-refractivity contribution in [2.45, 2.75) is 33.2 Å². The number of nitrogens with zero attached hydrogens (tertiary/aromatic N) is 1. The molecule has 122 valence electrons. The molecule has 6 heteroatoms. The Morgan fingerprint density at radius 2 is 1.96 bits per heavy atom. The minimum Gasteiger partial charge on any atom is -0.497 e. The number of nitrogens with one attached hydrogen (secondary N) is 2. The number of aromatic amines is 1. The normalized spacial score (nSPS) is 11.8. The van der Waals surface area contributed by atoms with E-state index in [1.54, 1.807) is 21.0 Å². The number of rotatable bonds is 5. The van der Waals surface area contributed by atoms with Crippen molar-refractivity contribution in [1.29, 1.82) is 0 Å². The number of amides is 1. The highest BCUT2D eigenvalue weighted by Crippen LogP contribution is 2.17. The number of aryl methyl sites for hydroxylation is 2. The Bertz CT molecular complexity index is 751. The molecule has 2 aromatic rings. The predicted molar refractivity (Wildman–Crippen MR) is 87.6 cm³/mol. The van der Waals surface area contributed by atoms with Gasteiger partial charge in [0.15, 0.2) is 0 Å². The minimum atomic E-state index is -0.262. The summed E-state index contributed by atoms with van der Waals surface area (Å²) in [5.74, 6) is 1.09. The molecule has 0 bridgehead atoms. The highest BCUT2D eigenvalue weighted by Gasteiger charge is 2.14. The molecule has 0 radical (unpaired) electrons. The molecule has 1 amide bonds. The van der Waals surface area contributed by atoms with Crippen LogP contribution in [0.2, 0.25) is 0 Å². The molecule has 0 aliphatic rings. The summed E-state index contributed by atoms with van der Waals surface area (Å²) in [5, 5.41) is 2.89. The van der Waals surface area contributed by atoms with Gasteiger partial charge in [-0.2, -0.15) is 0 Å². The molecule has 2 N–H and O–H groups in total. The van der Waals surface area contributed by atoms with E-state index >= 15 is 0 Å². The van der Waals surface area contributed by atoms with Crippen LogP contribution in [0.1, 0.15) is 35.6 Å². The highest BCUT2D eigenvalue weighted by atomic mass is 16.5. The van der Waals surface area contributed by atoms with Crippen molar-refractivity contribution in [3.05, 3.63) is 57.3 Å². The second-order valence-corrected chi connectivity index (χ2v) is 5.45. The van der Waals surface area contributed by atoms with Gasteiger partial charge in [-0.3, -0.25) is 9.59 Å². The molecular weight excluding hydrogens is 294 g/mol. The van der Waals surface area contributed by atoms with Crippen LogP contribution >= 0.6 is 0 Å². The molecule has 0 aliphatic carbocycles. The zero-order chi connectivity index (χ0) is 17.0. The van der Waals surface area contributed by atoms with Gasteiger partial charge in [-0.15, -0.1) is 0 Å². The number of ether oxygens (including phenoxy) is 1. The minimum absolute atomic E-state index is 0.00887. The van der Waals surface area contributed by atoms with Crippen LogP contribution in [-0.2, 0) is 11.2 Å². The van der Waals surface area contributed by atoms with E-state index in [1.165, 1.54) is 0 Å². The molecule has 0 aliphatic heterocycles. The van der Waals surface area contributed by atoms with Crippen molar-refractivity contribution >= 4 is 5.91 Å². The molecule has 1 aromatic carbocycles. The Hall–Kier alpha value is -2.63. The number of methoxy groups -OCH3 is 1. The Balaban J connectivity index is 2.05. The number of H-pyrrole nitrogens is 1. The topological polar surface area (TPSA) is 84.1 Å². The second kappa shape index (κ2) is 7.09. The lowest BCUT2D eigenvalue weighted by Crippen LogP contribution is -2.31. The third kappa shape index (κ3) is 4.18. The number of aromatic nitrogens is 2. The summed E-state index contributed by atoms with van der Waals surface area (Å²) in [6, 6.07) is 7.32. The fraction of sp³-hybridized carbons (Fsp3) is 0.353. The molecular formula is C17H21N3O3. The van der Waals surface area contributed by atoms with E-state index in [0.717, 1.165) is 11.3 Å². The molecule has 0 fully saturated rings. The Morgan fingerprint density at radius 1 is 1.30 bits per heavy atom. The Kier molecular flexibility index (Phi) is 5.16. The van der Waals surface area contributed by atoms with Crippen molar-refractivity contribution in [3.63, 3.8) is 0 Å². The van der Waals surface area contributed by atoms with Crippen LogP contribution in [0.3, 0.4) is 0 Å². The predicted octanol–water partition coefficient (Wildman–Crippen LogP) is 1.82. The molecule has 1 aromatic heterocycles. The number of hydrogen-bond donors (Lipinski definition) is 2. The standard InChI is InChI=1S/C17H21N3O3/c1-10(13-5-7-14(23-4)8-6-13)19-16(21)9-15-11(2)18-12(3)20-17(15)22/h5-8,10H,9H2,1-4H3,(H,19,21)(H,18,20,22)/t10-/m1/s1. The van der Waals surface area contributed by atoms with Gasteiger partial charge in [-0.1, -0.05) is 12.1 Å². The van der Waals surface area contributed by atoms with E-state index in [1.807, 2.05) is 31.2 Å². The van der Waals surface area contributed by atoms with Gasteiger partial charge < -0.3 is 15.0 Å². The van der Waals surface area contributed by atoms with Crippen LogP contribution in [0.5, 0.6) is 5.75 Å². The van der Waals surface area contributed by atoms with Crippen molar-refractivity contribution < 1.29 is 9.53 Å². The van der Waals surface area contributed by atoms with Crippen molar-refractivity contribution in [2.75, 3.05) is 7.11 Å². The first-order valence-electron chi connectivity index (χ1n) is 7.40. The Morgan fingerprint density at radius 3 is 2.52 bits per heavy atom. The third-order valence-electron chi connectivity index (χ3n) is 3.67. The summed E-state index contributed by atoms with van der Waals surface area (Å²) < 4.78 is 5.11. The van der Waals surface area contributed by atoms with Gasteiger partial charge in [-0.25, -0.2) is 4.98 Å². The maximum absolute atomic E-state index is 12.2. The van der Waals surface area contributed by atoms with Gasteiger partial charge in [0.05, 0.1) is 19.6 Å². The van der Waals surface area contributed by atoms with Gasteiger partial charge in [0, 0.05) is 11.3 Å². The van der Waals surface area contributed by atoms with E-state index < -0.39 is 0 Å². The monoisotopic (exact) mass is 315 g/mol. The molecule has 23 heavy (non-hydrogen) atoms. The molecule has 1 heterocycles. The lowest BCUT2D eigenvalue weighted by molar-refractivity contribution is -0.121. The molecule has 2 rings (SSSR count). The van der Waals surface area contributed by atoms with Crippen LogP contribution < -0.4 is 15.6 Å². The van der Waals surface area contributed by atoms with Crippen molar-refractivity contribution in [1.82, 2.24) is 15.3 Å². The largest absolute Gasteiger partial charge is 0.497 e. The molecule has 1 atom stereocenters. The third-order valence-corrected chi connectivity index (χ3v) is 3.67. The quantitative estimate of drug-likeness (QED) is 0.881.